The Morgan fingerprint density at radius 1 is 1.20 bits per heavy atom. The molecule has 1 aliphatic heterocycles. The number of rotatable bonds is 5. The van der Waals surface area contributed by atoms with E-state index in [1.54, 1.807) is 0 Å². The Hall–Kier alpha value is -0.320. The van der Waals surface area contributed by atoms with Crippen molar-refractivity contribution < 1.29 is 9.53 Å². The van der Waals surface area contributed by atoms with E-state index in [4.69, 9.17) is 4.74 Å². The summed E-state index contributed by atoms with van der Waals surface area (Å²) in [6, 6.07) is 0.0161. The Morgan fingerprint density at radius 2 is 1.95 bits per heavy atom. The Balaban J connectivity index is 0.00000200. The second-order valence-electron chi connectivity index (χ2n) is 5.96. The smallest absolute Gasteiger partial charge is 0.237 e. The highest BCUT2D eigenvalue weighted by Gasteiger charge is 2.22. The first kappa shape index (κ1) is 17.7. The van der Waals surface area contributed by atoms with E-state index in [-0.39, 0.29) is 24.4 Å². The molecule has 3 atom stereocenters. The lowest BCUT2D eigenvalue weighted by Gasteiger charge is -2.29. The molecule has 0 aromatic rings. The molecule has 20 heavy (non-hydrogen) atoms. The Bertz CT molecular complexity index is 283. The first-order chi connectivity index (χ1) is 9.27. The summed E-state index contributed by atoms with van der Waals surface area (Å²) >= 11 is 0. The lowest BCUT2D eigenvalue weighted by Crippen LogP contribution is -2.47. The maximum Gasteiger partial charge on any atom is 0.237 e. The van der Waals surface area contributed by atoms with Crippen molar-refractivity contribution in [3.63, 3.8) is 0 Å². The standard InChI is InChI=1S/C15H28N2O2.ClH/c1-12-6-2-3-8-14(12)19-11-10-17-15(18)13-7-4-5-9-16-13;/h12-14,16H,2-11H2,1H3,(H,17,18);1H. The third-order valence-electron chi connectivity index (χ3n) is 4.39. The molecule has 2 N–H and O–H groups in total. The summed E-state index contributed by atoms with van der Waals surface area (Å²) in [5.74, 6) is 0.810. The summed E-state index contributed by atoms with van der Waals surface area (Å²) in [4.78, 5) is 11.9. The molecule has 0 spiro atoms. The first-order valence-electron chi connectivity index (χ1n) is 7.90. The molecule has 5 heteroatoms. The predicted molar refractivity (Wildman–Crippen MR) is 83.3 cm³/mol. The summed E-state index contributed by atoms with van der Waals surface area (Å²) in [5.41, 5.74) is 0. The highest BCUT2D eigenvalue weighted by atomic mass is 35.5. The topological polar surface area (TPSA) is 50.4 Å². The van der Waals surface area contributed by atoms with E-state index in [1.807, 2.05) is 0 Å². The van der Waals surface area contributed by atoms with Gasteiger partial charge < -0.3 is 15.4 Å². The number of amides is 1. The van der Waals surface area contributed by atoms with Crippen LogP contribution < -0.4 is 10.6 Å². The second kappa shape index (κ2) is 9.59. The van der Waals surface area contributed by atoms with Crippen molar-refractivity contribution in [1.29, 1.82) is 0 Å². The molecule has 1 saturated carbocycles. The first-order valence-corrected chi connectivity index (χ1v) is 7.90. The summed E-state index contributed by atoms with van der Waals surface area (Å²) in [7, 11) is 0. The minimum absolute atomic E-state index is 0. The Labute approximate surface area is 128 Å². The van der Waals surface area contributed by atoms with Crippen molar-refractivity contribution >= 4 is 18.3 Å². The fraction of sp³-hybridized carbons (Fsp3) is 0.933. The van der Waals surface area contributed by atoms with Crippen molar-refractivity contribution in [2.24, 2.45) is 5.92 Å². The van der Waals surface area contributed by atoms with Gasteiger partial charge in [0.1, 0.15) is 0 Å². The van der Waals surface area contributed by atoms with Gasteiger partial charge in [0.05, 0.1) is 18.8 Å². The van der Waals surface area contributed by atoms with Gasteiger partial charge in [-0.25, -0.2) is 0 Å². The van der Waals surface area contributed by atoms with Crippen LogP contribution >= 0.6 is 12.4 Å². The molecule has 2 fully saturated rings. The lowest BCUT2D eigenvalue weighted by atomic mass is 9.88. The van der Waals surface area contributed by atoms with Crippen LogP contribution in [0.15, 0.2) is 0 Å². The number of hydrogen-bond acceptors (Lipinski definition) is 3. The molecular formula is C15H29ClN2O2. The normalized spacial score (nSPS) is 30.4. The summed E-state index contributed by atoms with van der Waals surface area (Å²) in [5, 5.41) is 6.24. The lowest BCUT2D eigenvalue weighted by molar-refractivity contribution is -0.124. The van der Waals surface area contributed by atoms with Crippen LogP contribution in [0.3, 0.4) is 0 Å². The minimum atomic E-state index is 0. The number of piperidine rings is 1. The number of carbonyl (C=O) groups excluding carboxylic acids is 1. The third-order valence-corrected chi connectivity index (χ3v) is 4.39. The van der Waals surface area contributed by atoms with Gasteiger partial charge >= 0.3 is 0 Å². The zero-order valence-electron chi connectivity index (χ0n) is 12.5. The van der Waals surface area contributed by atoms with Gasteiger partial charge in [0.2, 0.25) is 5.91 Å². The quantitative estimate of drug-likeness (QED) is 0.766. The highest BCUT2D eigenvalue weighted by molar-refractivity contribution is 5.85. The molecule has 4 nitrogen and oxygen atoms in total. The predicted octanol–water partition coefficient (Wildman–Crippen LogP) is 2.26. The highest BCUT2D eigenvalue weighted by Crippen LogP contribution is 2.25. The minimum Gasteiger partial charge on any atom is -0.376 e. The van der Waals surface area contributed by atoms with Gasteiger partial charge in [-0.2, -0.15) is 0 Å². The van der Waals surface area contributed by atoms with E-state index in [1.165, 1.54) is 32.1 Å². The van der Waals surface area contributed by atoms with Gasteiger partial charge in [-0.1, -0.05) is 26.2 Å². The van der Waals surface area contributed by atoms with Crippen LogP contribution in [-0.4, -0.2) is 37.7 Å². The molecular weight excluding hydrogens is 276 g/mol. The molecule has 1 aliphatic carbocycles. The molecule has 0 bridgehead atoms. The molecule has 2 rings (SSSR count). The Kier molecular flexibility index (Phi) is 8.50. The van der Waals surface area contributed by atoms with Crippen molar-refractivity contribution in [3.05, 3.63) is 0 Å². The fourth-order valence-electron chi connectivity index (χ4n) is 3.11. The van der Waals surface area contributed by atoms with Crippen LogP contribution in [0.5, 0.6) is 0 Å². The fourth-order valence-corrected chi connectivity index (χ4v) is 3.11. The van der Waals surface area contributed by atoms with Gasteiger partial charge in [-0.05, 0) is 38.1 Å². The van der Waals surface area contributed by atoms with Crippen molar-refractivity contribution in [2.45, 2.75) is 64.0 Å². The zero-order valence-corrected chi connectivity index (χ0v) is 13.3. The van der Waals surface area contributed by atoms with E-state index >= 15 is 0 Å². The molecule has 0 radical (unpaired) electrons. The van der Waals surface area contributed by atoms with Crippen LogP contribution in [-0.2, 0) is 9.53 Å². The molecule has 1 saturated heterocycles. The van der Waals surface area contributed by atoms with Crippen LogP contribution in [0, 0.1) is 5.92 Å². The summed E-state index contributed by atoms with van der Waals surface area (Å²) < 4.78 is 5.90. The number of ether oxygens (including phenoxy) is 1. The van der Waals surface area contributed by atoms with Crippen molar-refractivity contribution in [1.82, 2.24) is 10.6 Å². The average Bonchev–Trinajstić information content (AvgIpc) is 2.46. The van der Waals surface area contributed by atoms with Gasteiger partial charge in [0.15, 0.2) is 0 Å². The number of hydrogen-bond donors (Lipinski definition) is 2. The van der Waals surface area contributed by atoms with E-state index in [0.29, 0.717) is 25.2 Å². The summed E-state index contributed by atoms with van der Waals surface area (Å²) in [6.07, 6.45) is 8.79. The van der Waals surface area contributed by atoms with Gasteiger partial charge in [0, 0.05) is 6.54 Å². The molecule has 0 aromatic carbocycles. The molecule has 2 aliphatic rings. The third kappa shape index (κ3) is 5.58. The Morgan fingerprint density at radius 3 is 2.65 bits per heavy atom. The van der Waals surface area contributed by atoms with E-state index < -0.39 is 0 Å². The SMILES string of the molecule is CC1CCCCC1OCCNC(=O)C1CCCCN1.Cl. The van der Waals surface area contributed by atoms with E-state index in [9.17, 15) is 4.79 Å². The van der Waals surface area contributed by atoms with Crippen molar-refractivity contribution in [3.8, 4) is 0 Å². The maximum atomic E-state index is 11.9. The molecule has 1 heterocycles. The van der Waals surface area contributed by atoms with Crippen LogP contribution in [0.2, 0.25) is 0 Å². The summed E-state index contributed by atoms with van der Waals surface area (Å²) in [6.45, 7) is 4.52. The molecule has 0 aromatic heterocycles. The largest absolute Gasteiger partial charge is 0.376 e. The number of nitrogens with one attached hydrogen (secondary N) is 2. The average molecular weight is 305 g/mol. The number of halogens is 1. The molecule has 118 valence electrons. The van der Waals surface area contributed by atoms with E-state index in [2.05, 4.69) is 17.6 Å². The molecule has 1 amide bonds. The zero-order chi connectivity index (χ0) is 13.5. The second-order valence-corrected chi connectivity index (χ2v) is 5.96. The van der Waals surface area contributed by atoms with E-state index in [0.717, 1.165) is 19.4 Å². The van der Waals surface area contributed by atoms with Gasteiger partial charge in [0.25, 0.3) is 0 Å². The van der Waals surface area contributed by atoms with Crippen LogP contribution in [0.25, 0.3) is 0 Å². The maximum absolute atomic E-state index is 11.9. The van der Waals surface area contributed by atoms with Crippen molar-refractivity contribution in [2.75, 3.05) is 19.7 Å². The van der Waals surface area contributed by atoms with Crippen LogP contribution in [0.4, 0.5) is 0 Å². The number of carbonyl (C=O) groups is 1. The monoisotopic (exact) mass is 304 g/mol. The van der Waals surface area contributed by atoms with Crippen LogP contribution in [0.1, 0.15) is 51.9 Å². The molecule has 3 unspecified atom stereocenters. The van der Waals surface area contributed by atoms with Gasteiger partial charge in [-0.3, -0.25) is 4.79 Å². The van der Waals surface area contributed by atoms with Gasteiger partial charge in [-0.15, -0.1) is 12.4 Å².